The molecule has 0 spiro atoms. The lowest BCUT2D eigenvalue weighted by molar-refractivity contribution is 0.0603. The van der Waals surface area contributed by atoms with Crippen molar-refractivity contribution in [3.05, 3.63) is 82.3 Å². The van der Waals surface area contributed by atoms with Crippen molar-refractivity contribution >= 4 is 27.5 Å². The van der Waals surface area contributed by atoms with E-state index in [4.69, 9.17) is 4.74 Å². The molecule has 1 heterocycles. The summed E-state index contributed by atoms with van der Waals surface area (Å²) in [7, 11) is 7.66. The highest BCUT2D eigenvalue weighted by molar-refractivity contribution is 6.16. The Labute approximate surface area is 193 Å². The monoisotopic (exact) mass is 443 g/mol. The Kier molecular flexibility index (Phi) is 6.58. The van der Waals surface area contributed by atoms with Crippen LogP contribution in [0.2, 0.25) is 0 Å². The van der Waals surface area contributed by atoms with Crippen molar-refractivity contribution in [1.29, 1.82) is 0 Å². The summed E-state index contributed by atoms with van der Waals surface area (Å²) >= 11 is 0. The normalized spacial score (nSPS) is 11.6. The summed E-state index contributed by atoms with van der Waals surface area (Å²) in [4.78, 5) is 31.6. The van der Waals surface area contributed by atoms with E-state index in [0.29, 0.717) is 10.9 Å². The Bertz CT molecular complexity index is 1370. The van der Waals surface area contributed by atoms with Crippen LogP contribution in [0.1, 0.15) is 15.9 Å². The van der Waals surface area contributed by atoms with Gasteiger partial charge in [-0.25, -0.2) is 4.79 Å². The molecule has 170 valence electrons. The molecular formula is C27H29N3O3. The number of likely N-dealkylation sites (N-methyl/N-ethyl adjacent to an activating group) is 2. The van der Waals surface area contributed by atoms with Gasteiger partial charge >= 0.3 is 5.97 Å². The summed E-state index contributed by atoms with van der Waals surface area (Å²) in [5, 5.41) is 3.29. The molecule has 4 aromatic rings. The van der Waals surface area contributed by atoms with E-state index >= 15 is 0 Å². The van der Waals surface area contributed by atoms with Crippen LogP contribution in [0.3, 0.4) is 0 Å². The predicted octanol–water partition coefficient (Wildman–Crippen LogP) is 4.13. The summed E-state index contributed by atoms with van der Waals surface area (Å²) in [6.45, 7) is 2.87. The molecule has 0 unspecified atom stereocenters. The Hall–Kier alpha value is -3.48. The van der Waals surface area contributed by atoms with E-state index in [1.165, 1.54) is 18.7 Å². The first-order valence-electron chi connectivity index (χ1n) is 11.0. The van der Waals surface area contributed by atoms with Crippen LogP contribution in [-0.4, -0.2) is 62.1 Å². The molecule has 0 saturated heterocycles. The molecule has 0 radical (unpaired) electrons. The van der Waals surface area contributed by atoms with Gasteiger partial charge in [-0.15, -0.1) is 0 Å². The average Bonchev–Trinajstić information content (AvgIpc) is 2.81. The van der Waals surface area contributed by atoms with Gasteiger partial charge in [0, 0.05) is 37.3 Å². The lowest BCUT2D eigenvalue weighted by Crippen LogP contribution is -2.28. The smallest absolute Gasteiger partial charge is 0.338 e. The Morgan fingerprint density at radius 1 is 0.909 bits per heavy atom. The number of benzene rings is 3. The molecule has 0 aliphatic heterocycles. The van der Waals surface area contributed by atoms with Crippen molar-refractivity contribution < 1.29 is 9.53 Å². The number of carbonyl (C=O) groups is 1. The number of hydrogen-bond acceptors (Lipinski definition) is 5. The summed E-state index contributed by atoms with van der Waals surface area (Å²) in [6.07, 6.45) is 1.71. The first kappa shape index (κ1) is 22.7. The molecule has 0 fully saturated rings. The topological polar surface area (TPSA) is 65.6 Å². The number of nitrogens with one attached hydrogen (secondary N) is 1. The van der Waals surface area contributed by atoms with Crippen LogP contribution in [-0.2, 0) is 11.3 Å². The van der Waals surface area contributed by atoms with Crippen molar-refractivity contribution in [2.75, 3.05) is 41.3 Å². The maximum absolute atomic E-state index is 12.4. The van der Waals surface area contributed by atoms with Crippen molar-refractivity contribution in [2.24, 2.45) is 0 Å². The van der Waals surface area contributed by atoms with Crippen molar-refractivity contribution in [3.63, 3.8) is 0 Å². The van der Waals surface area contributed by atoms with Gasteiger partial charge in [-0.1, -0.05) is 30.3 Å². The third-order valence-electron chi connectivity index (χ3n) is 5.90. The van der Waals surface area contributed by atoms with E-state index in [1.54, 1.807) is 12.3 Å². The van der Waals surface area contributed by atoms with Crippen LogP contribution in [0.15, 0.2) is 65.6 Å². The molecule has 1 aromatic heterocycles. The average molecular weight is 444 g/mol. The fourth-order valence-electron chi connectivity index (χ4n) is 4.14. The van der Waals surface area contributed by atoms with Gasteiger partial charge in [0.1, 0.15) is 0 Å². The second kappa shape index (κ2) is 9.57. The zero-order chi connectivity index (χ0) is 23.5. The quantitative estimate of drug-likeness (QED) is 0.344. The Morgan fingerprint density at radius 2 is 1.70 bits per heavy atom. The molecule has 0 saturated carbocycles. The fourth-order valence-corrected chi connectivity index (χ4v) is 4.14. The van der Waals surface area contributed by atoms with Crippen LogP contribution in [0.25, 0.3) is 32.7 Å². The number of aromatic nitrogens is 1. The number of esters is 1. The largest absolute Gasteiger partial charge is 0.465 e. The number of aromatic amines is 1. The van der Waals surface area contributed by atoms with Crippen LogP contribution >= 0.6 is 0 Å². The van der Waals surface area contributed by atoms with Crippen molar-refractivity contribution in [3.8, 4) is 11.1 Å². The summed E-state index contributed by atoms with van der Waals surface area (Å²) in [5.74, 6) is -0.419. The number of hydrogen-bond donors (Lipinski definition) is 1. The standard InChI is InChI=1S/C27H29N3O3/c1-29(2)10-11-30(3)17-18-6-5-7-19(12-18)20-8-9-22-23(13-20)25-16-28-26(31)15-21(25)14-24(22)27(32)33-4/h5-9,12-16H,10-11,17H2,1-4H3,(H,28,31). The third kappa shape index (κ3) is 4.97. The third-order valence-corrected chi connectivity index (χ3v) is 5.90. The zero-order valence-corrected chi connectivity index (χ0v) is 19.5. The summed E-state index contributed by atoms with van der Waals surface area (Å²) in [6, 6.07) is 17.8. The Morgan fingerprint density at radius 3 is 2.45 bits per heavy atom. The van der Waals surface area contributed by atoms with E-state index < -0.39 is 5.97 Å². The minimum Gasteiger partial charge on any atom is -0.465 e. The highest BCUT2D eigenvalue weighted by Gasteiger charge is 2.15. The van der Waals surface area contributed by atoms with E-state index in [-0.39, 0.29) is 5.56 Å². The molecule has 4 rings (SSSR count). The molecule has 0 bridgehead atoms. The number of H-pyrrole nitrogens is 1. The second-order valence-electron chi connectivity index (χ2n) is 8.72. The van der Waals surface area contributed by atoms with Gasteiger partial charge in [0.05, 0.1) is 12.7 Å². The number of carbonyl (C=O) groups excluding carboxylic acids is 1. The lowest BCUT2D eigenvalue weighted by atomic mass is 9.94. The van der Waals surface area contributed by atoms with Gasteiger partial charge in [0.25, 0.3) is 0 Å². The molecule has 6 heteroatoms. The number of pyridine rings is 1. The molecule has 0 aliphatic carbocycles. The van der Waals surface area contributed by atoms with Crippen LogP contribution in [0, 0.1) is 0 Å². The molecule has 0 atom stereocenters. The number of ether oxygens (including phenoxy) is 1. The molecular weight excluding hydrogens is 414 g/mol. The number of fused-ring (bicyclic) bond motifs is 3. The zero-order valence-electron chi connectivity index (χ0n) is 19.5. The van der Waals surface area contributed by atoms with E-state index in [0.717, 1.165) is 46.9 Å². The maximum atomic E-state index is 12.4. The van der Waals surface area contributed by atoms with Crippen molar-refractivity contribution in [1.82, 2.24) is 14.8 Å². The van der Waals surface area contributed by atoms with Crippen LogP contribution in [0.5, 0.6) is 0 Å². The summed E-state index contributed by atoms with van der Waals surface area (Å²) < 4.78 is 4.99. The Balaban J connectivity index is 1.77. The SMILES string of the molecule is COC(=O)c1cc2cc(=O)[nH]cc2c2cc(-c3cccc(CN(C)CCN(C)C)c3)ccc12. The molecule has 33 heavy (non-hydrogen) atoms. The van der Waals surface area contributed by atoms with Gasteiger partial charge in [-0.3, -0.25) is 4.79 Å². The van der Waals surface area contributed by atoms with Gasteiger partial charge < -0.3 is 19.5 Å². The molecule has 6 nitrogen and oxygen atoms in total. The lowest BCUT2D eigenvalue weighted by Gasteiger charge is -2.19. The first-order chi connectivity index (χ1) is 15.9. The highest BCUT2D eigenvalue weighted by Crippen LogP contribution is 2.32. The van der Waals surface area contributed by atoms with Gasteiger partial charge in [-0.05, 0) is 72.2 Å². The molecule has 1 N–H and O–H groups in total. The minimum atomic E-state index is -0.419. The first-order valence-corrected chi connectivity index (χ1v) is 11.0. The van der Waals surface area contributed by atoms with E-state index in [9.17, 15) is 9.59 Å². The van der Waals surface area contributed by atoms with E-state index in [1.807, 2.05) is 12.1 Å². The minimum absolute atomic E-state index is 0.208. The molecule has 3 aromatic carbocycles. The predicted molar refractivity (Wildman–Crippen MR) is 134 cm³/mol. The summed E-state index contributed by atoms with van der Waals surface area (Å²) in [5.41, 5.74) is 3.64. The van der Waals surface area contributed by atoms with Crippen LogP contribution < -0.4 is 5.56 Å². The van der Waals surface area contributed by atoms with Crippen molar-refractivity contribution in [2.45, 2.75) is 6.54 Å². The van der Waals surface area contributed by atoms with Gasteiger partial charge in [0.2, 0.25) is 5.56 Å². The second-order valence-corrected chi connectivity index (χ2v) is 8.72. The molecule has 0 amide bonds. The van der Waals surface area contributed by atoms with Gasteiger partial charge in [0.15, 0.2) is 0 Å². The van der Waals surface area contributed by atoms with Gasteiger partial charge in [-0.2, -0.15) is 0 Å². The molecule has 0 aliphatic rings. The fraction of sp³-hybridized carbons (Fsp3) is 0.259. The number of methoxy groups -OCH3 is 1. The number of rotatable bonds is 7. The highest BCUT2D eigenvalue weighted by atomic mass is 16.5. The number of nitrogens with zero attached hydrogens (tertiary/aromatic N) is 2. The maximum Gasteiger partial charge on any atom is 0.338 e. The van der Waals surface area contributed by atoms with E-state index in [2.05, 4.69) is 66.3 Å². The van der Waals surface area contributed by atoms with Crippen LogP contribution in [0.4, 0.5) is 0 Å².